The van der Waals surface area contributed by atoms with Crippen molar-refractivity contribution in [3.8, 4) is 0 Å². The van der Waals surface area contributed by atoms with Gasteiger partial charge >= 0.3 is 12.0 Å². The molecule has 4 amide bonds. The van der Waals surface area contributed by atoms with Crippen LogP contribution in [0.4, 0.5) is 4.79 Å². The Balaban J connectivity index is 1.86. The van der Waals surface area contributed by atoms with Crippen molar-refractivity contribution in [2.75, 3.05) is 26.9 Å². The molecule has 0 aromatic rings. The van der Waals surface area contributed by atoms with Crippen LogP contribution in [0.5, 0.6) is 0 Å². The molecule has 9 nitrogen and oxygen atoms in total. The van der Waals surface area contributed by atoms with Crippen LogP contribution < -0.4 is 10.6 Å². The van der Waals surface area contributed by atoms with Crippen LogP contribution >= 0.6 is 0 Å². The number of urea groups is 1. The summed E-state index contributed by atoms with van der Waals surface area (Å²) in [4.78, 5) is 49.4. The maximum Gasteiger partial charge on any atom is 0.326 e. The first-order valence-corrected chi connectivity index (χ1v) is 8.88. The van der Waals surface area contributed by atoms with E-state index in [0.717, 1.165) is 24.2 Å². The van der Waals surface area contributed by atoms with Gasteiger partial charge in [0.25, 0.3) is 11.8 Å². The van der Waals surface area contributed by atoms with Crippen molar-refractivity contribution >= 4 is 23.8 Å². The van der Waals surface area contributed by atoms with E-state index in [2.05, 4.69) is 10.6 Å². The van der Waals surface area contributed by atoms with E-state index < -0.39 is 36.6 Å². The van der Waals surface area contributed by atoms with E-state index in [1.807, 2.05) is 6.92 Å². The topological polar surface area (TPSA) is 114 Å². The second-order valence-electron chi connectivity index (χ2n) is 7.02. The first kappa shape index (κ1) is 20.2. The van der Waals surface area contributed by atoms with Gasteiger partial charge in [-0.15, -0.1) is 0 Å². The summed E-state index contributed by atoms with van der Waals surface area (Å²) in [6.07, 6.45) is 3.30. The van der Waals surface area contributed by atoms with E-state index in [0.29, 0.717) is 13.0 Å². The van der Waals surface area contributed by atoms with Gasteiger partial charge in [0.2, 0.25) is 0 Å². The Hall–Kier alpha value is -2.16. The number of carbonyl (C=O) groups excluding carboxylic acids is 4. The number of esters is 1. The number of ether oxygens (including phenoxy) is 2. The van der Waals surface area contributed by atoms with Crippen LogP contribution in [0, 0.1) is 5.92 Å². The van der Waals surface area contributed by atoms with Crippen molar-refractivity contribution in [3.63, 3.8) is 0 Å². The Morgan fingerprint density at radius 2 is 2.12 bits per heavy atom. The molecule has 2 rings (SSSR count). The lowest BCUT2D eigenvalue weighted by atomic mass is 9.73. The molecule has 1 aliphatic heterocycles. The molecule has 1 heterocycles. The average molecular weight is 369 g/mol. The molecular formula is C17H27N3O6. The molecule has 0 radical (unpaired) electrons. The number of amides is 4. The molecule has 0 unspecified atom stereocenters. The van der Waals surface area contributed by atoms with Gasteiger partial charge in [-0.3, -0.25) is 19.3 Å². The Bertz CT molecular complexity index is 581. The fourth-order valence-electron chi connectivity index (χ4n) is 3.57. The van der Waals surface area contributed by atoms with Crippen LogP contribution in [-0.4, -0.2) is 67.2 Å². The van der Waals surface area contributed by atoms with Gasteiger partial charge in [-0.05, 0) is 25.7 Å². The van der Waals surface area contributed by atoms with Crippen LogP contribution in [0.2, 0.25) is 0 Å². The fourth-order valence-corrected chi connectivity index (χ4v) is 3.57. The van der Waals surface area contributed by atoms with E-state index >= 15 is 0 Å². The molecule has 2 aliphatic rings. The van der Waals surface area contributed by atoms with Crippen molar-refractivity contribution in [1.29, 1.82) is 0 Å². The van der Waals surface area contributed by atoms with Crippen molar-refractivity contribution in [1.82, 2.24) is 15.5 Å². The number of imide groups is 1. The summed E-state index contributed by atoms with van der Waals surface area (Å²) in [6.45, 7) is 3.05. The Kier molecular flexibility index (Phi) is 6.57. The van der Waals surface area contributed by atoms with E-state index in [4.69, 9.17) is 9.47 Å². The summed E-state index contributed by atoms with van der Waals surface area (Å²) in [5.74, 6) is -1.65. The number of hydrogen-bond acceptors (Lipinski definition) is 6. The summed E-state index contributed by atoms with van der Waals surface area (Å²) in [6, 6.07) is -0.802. The monoisotopic (exact) mass is 369 g/mol. The standard InChI is InChI=1S/C17H27N3O6/c1-11-6-4-5-7-17(11)15(23)20(16(24)19-17)8-14(22)26-10-13(21)18-12(2)9-25-3/h11-12H,4-10H2,1-3H3,(H,18,21)(H,19,24)/t11-,12+,17-/m1/s1. The lowest BCUT2D eigenvalue weighted by molar-refractivity contribution is -0.151. The molecule has 3 atom stereocenters. The molecule has 26 heavy (non-hydrogen) atoms. The highest BCUT2D eigenvalue weighted by Crippen LogP contribution is 2.38. The molecule has 0 bridgehead atoms. The average Bonchev–Trinajstić information content (AvgIpc) is 2.81. The third kappa shape index (κ3) is 4.32. The van der Waals surface area contributed by atoms with Crippen molar-refractivity contribution in [2.45, 2.75) is 51.1 Å². The predicted molar refractivity (Wildman–Crippen MR) is 91.0 cm³/mol. The Morgan fingerprint density at radius 1 is 1.38 bits per heavy atom. The molecule has 0 aromatic heterocycles. The van der Waals surface area contributed by atoms with E-state index in [1.54, 1.807) is 6.92 Å². The number of rotatable bonds is 7. The highest BCUT2D eigenvalue weighted by atomic mass is 16.5. The summed E-state index contributed by atoms with van der Waals surface area (Å²) >= 11 is 0. The smallest absolute Gasteiger partial charge is 0.326 e. The van der Waals surface area contributed by atoms with Crippen LogP contribution in [0.1, 0.15) is 39.5 Å². The van der Waals surface area contributed by atoms with Crippen LogP contribution in [0.15, 0.2) is 0 Å². The van der Waals surface area contributed by atoms with Crippen molar-refractivity contribution < 1.29 is 28.7 Å². The van der Waals surface area contributed by atoms with Crippen molar-refractivity contribution in [2.24, 2.45) is 5.92 Å². The SMILES string of the molecule is COC[C@H](C)NC(=O)COC(=O)CN1C(=O)N[C@@]2(CCCC[C@H]2C)C1=O. The quantitative estimate of drug-likeness (QED) is 0.489. The Morgan fingerprint density at radius 3 is 2.77 bits per heavy atom. The van der Waals surface area contributed by atoms with Gasteiger partial charge in [-0.1, -0.05) is 19.8 Å². The first-order chi connectivity index (χ1) is 12.3. The Labute approximate surface area is 152 Å². The molecular weight excluding hydrogens is 342 g/mol. The van der Waals surface area contributed by atoms with Crippen molar-refractivity contribution in [3.05, 3.63) is 0 Å². The third-order valence-corrected chi connectivity index (χ3v) is 4.98. The number of hydrogen-bond donors (Lipinski definition) is 2. The van der Waals surface area contributed by atoms with Gasteiger partial charge in [0.05, 0.1) is 6.61 Å². The third-order valence-electron chi connectivity index (χ3n) is 4.98. The number of methoxy groups -OCH3 is 1. The first-order valence-electron chi connectivity index (χ1n) is 8.88. The lowest BCUT2D eigenvalue weighted by Crippen LogP contribution is -2.54. The van der Waals surface area contributed by atoms with Gasteiger partial charge in [-0.2, -0.15) is 0 Å². The maximum absolute atomic E-state index is 12.7. The minimum absolute atomic E-state index is 0.0155. The summed E-state index contributed by atoms with van der Waals surface area (Å²) in [5.41, 5.74) is -0.914. The molecule has 1 saturated carbocycles. The second kappa shape index (κ2) is 8.48. The zero-order chi connectivity index (χ0) is 19.3. The minimum Gasteiger partial charge on any atom is -0.454 e. The van der Waals surface area contributed by atoms with Crippen LogP contribution in [0.25, 0.3) is 0 Å². The molecule has 0 aromatic carbocycles. The fraction of sp³-hybridized carbons (Fsp3) is 0.765. The highest BCUT2D eigenvalue weighted by Gasteiger charge is 2.55. The van der Waals surface area contributed by atoms with Gasteiger partial charge in [-0.25, -0.2) is 4.79 Å². The molecule has 1 aliphatic carbocycles. The van der Waals surface area contributed by atoms with Gasteiger partial charge in [0, 0.05) is 13.2 Å². The van der Waals surface area contributed by atoms with E-state index in [9.17, 15) is 19.2 Å². The van der Waals surface area contributed by atoms with Gasteiger partial charge < -0.3 is 20.1 Å². The highest BCUT2D eigenvalue weighted by molar-refractivity contribution is 6.09. The van der Waals surface area contributed by atoms with E-state index in [-0.39, 0.29) is 17.9 Å². The lowest BCUT2D eigenvalue weighted by Gasteiger charge is -2.36. The molecule has 9 heteroatoms. The zero-order valence-corrected chi connectivity index (χ0v) is 15.5. The summed E-state index contributed by atoms with van der Waals surface area (Å²) in [7, 11) is 1.51. The minimum atomic E-state index is -0.914. The van der Waals surface area contributed by atoms with Crippen LogP contribution in [0.3, 0.4) is 0 Å². The summed E-state index contributed by atoms with van der Waals surface area (Å²) in [5, 5.41) is 5.36. The number of nitrogens with one attached hydrogen (secondary N) is 2. The van der Waals surface area contributed by atoms with Gasteiger partial charge in [0.1, 0.15) is 12.1 Å². The van der Waals surface area contributed by atoms with E-state index in [1.165, 1.54) is 7.11 Å². The largest absolute Gasteiger partial charge is 0.454 e. The predicted octanol–water partition coefficient (Wildman–Crippen LogP) is 0.181. The van der Waals surface area contributed by atoms with Crippen LogP contribution in [-0.2, 0) is 23.9 Å². The number of carbonyl (C=O) groups is 4. The van der Waals surface area contributed by atoms with Gasteiger partial charge in [0.15, 0.2) is 6.61 Å². The number of nitrogens with zero attached hydrogens (tertiary/aromatic N) is 1. The molecule has 1 spiro atoms. The second-order valence-corrected chi connectivity index (χ2v) is 7.02. The molecule has 2 N–H and O–H groups in total. The normalized spacial score (nSPS) is 26.6. The zero-order valence-electron chi connectivity index (χ0n) is 15.5. The molecule has 146 valence electrons. The molecule has 2 fully saturated rings. The maximum atomic E-state index is 12.7. The molecule has 1 saturated heterocycles. The summed E-state index contributed by atoms with van der Waals surface area (Å²) < 4.78 is 9.77.